The van der Waals surface area contributed by atoms with Crippen LogP contribution in [-0.4, -0.2) is 10.2 Å². The van der Waals surface area contributed by atoms with Crippen LogP contribution in [0.25, 0.3) is 0 Å². The standard InChI is InChI=1S/C11H18N2/c1-7(2)8-6-11(3,4)10-5-9(8)12-13-10/h5,7-8H,6H2,1-4H3,(H,12,13). The Kier molecular flexibility index (Phi) is 1.76. The Bertz CT molecular complexity index is 310. The lowest BCUT2D eigenvalue weighted by Crippen LogP contribution is -2.25. The number of hydrogen-bond donors (Lipinski definition) is 1. The van der Waals surface area contributed by atoms with Crippen LogP contribution < -0.4 is 0 Å². The molecule has 2 rings (SSSR count). The Balaban J connectivity index is 2.41. The van der Waals surface area contributed by atoms with E-state index in [0.29, 0.717) is 11.8 Å². The zero-order valence-corrected chi connectivity index (χ0v) is 8.89. The lowest BCUT2D eigenvalue weighted by molar-refractivity contribution is 0.349. The Morgan fingerprint density at radius 1 is 1.54 bits per heavy atom. The summed E-state index contributed by atoms with van der Waals surface area (Å²) in [6.07, 6.45) is 1.22. The molecular formula is C11H18N2. The molecule has 0 aromatic carbocycles. The number of nitrogens with one attached hydrogen (secondary N) is 1. The molecule has 0 amide bonds. The highest BCUT2D eigenvalue weighted by atomic mass is 15.1. The molecule has 2 nitrogen and oxygen atoms in total. The number of rotatable bonds is 1. The SMILES string of the molecule is CC(C)C1CC(C)(C)c2cc1n[nH]2. The highest BCUT2D eigenvalue weighted by molar-refractivity contribution is 5.26. The lowest BCUT2D eigenvalue weighted by atomic mass is 9.72. The van der Waals surface area contributed by atoms with Crippen molar-refractivity contribution in [2.45, 2.75) is 45.4 Å². The van der Waals surface area contributed by atoms with Crippen LogP contribution in [0.3, 0.4) is 0 Å². The molecule has 0 radical (unpaired) electrons. The van der Waals surface area contributed by atoms with Gasteiger partial charge in [0.15, 0.2) is 0 Å². The van der Waals surface area contributed by atoms with Crippen LogP contribution in [0.5, 0.6) is 0 Å². The predicted octanol–water partition coefficient (Wildman–Crippen LogP) is 2.83. The van der Waals surface area contributed by atoms with Gasteiger partial charge in [-0.15, -0.1) is 0 Å². The molecular weight excluding hydrogens is 160 g/mol. The van der Waals surface area contributed by atoms with Gasteiger partial charge in [0.25, 0.3) is 0 Å². The van der Waals surface area contributed by atoms with Crippen LogP contribution in [0.4, 0.5) is 0 Å². The zero-order chi connectivity index (χ0) is 9.64. The van der Waals surface area contributed by atoms with Gasteiger partial charge in [0.2, 0.25) is 0 Å². The van der Waals surface area contributed by atoms with Gasteiger partial charge in [-0.25, -0.2) is 0 Å². The topological polar surface area (TPSA) is 28.7 Å². The Morgan fingerprint density at radius 2 is 2.23 bits per heavy atom. The maximum absolute atomic E-state index is 4.37. The molecule has 1 atom stereocenters. The molecule has 1 aliphatic carbocycles. The second-order valence-electron chi connectivity index (χ2n) is 5.15. The molecule has 1 aromatic rings. The van der Waals surface area contributed by atoms with Gasteiger partial charge in [0, 0.05) is 17.0 Å². The van der Waals surface area contributed by atoms with E-state index in [-0.39, 0.29) is 5.41 Å². The van der Waals surface area contributed by atoms with E-state index in [4.69, 9.17) is 0 Å². The third-order valence-corrected chi connectivity index (χ3v) is 3.24. The highest BCUT2D eigenvalue weighted by Crippen LogP contribution is 2.42. The van der Waals surface area contributed by atoms with Crippen molar-refractivity contribution < 1.29 is 0 Å². The second-order valence-corrected chi connectivity index (χ2v) is 5.15. The molecule has 0 spiro atoms. The molecule has 0 saturated carbocycles. The van der Waals surface area contributed by atoms with Crippen molar-refractivity contribution in [3.05, 3.63) is 17.5 Å². The van der Waals surface area contributed by atoms with Crippen molar-refractivity contribution in [1.82, 2.24) is 10.2 Å². The largest absolute Gasteiger partial charge is 0.282 e. The van der Waals surface area contributed by atoms with E-state index in [9.17, 15) is 0 Å². The minimum atomic E-state index is 0.276. The summed E-state index contributed by atoms with van der Waals surface area (Å²) < 4.78 is 0. The fourth-order valence-electron chi connectivity index (χ4n) is 2.22. The third kappa shape index (κ3) is 1.28. The summed E-state index contributed by atoms with van der Waals surface area (Å²) in [6, 6.07) is 2.23. The Labute approximate surface area is 79.7 Å². The summed E-state index contributed by atoms with van der Waals surface area (Å²) in [6.45, 7) is 9.14. The lowest BCUT2D eigenvalue weighted by Gasteiger charge is -2.32. The van der Waals surface area contributed by atoms with Gasteiger partial charge in [-0.2, -0.15) is 5.10 Å². The first-order valence-electron chi connectivity index (χ1n) is 5.06. The smallest absolute Gasteiger partial charge is 0.0658 e. The second kappa shape index (κ2) is 2.60. The summed E-state index contributed by atoms with van der Waals surface area (Å²) in [4.78, 5) is 0. The van der Waals surface area contributed by atoms with Gasteiger partial charge in [-0.05, 0) is 18.4 Å². The first kappa shape index (κ1) is 8.79. The number of H-pyrrole nitrogens is 1. The van der Waals surface area contributed by atoms with Gasteiger partial charge < -0.3 is 0 Å². The molecule has 13 heavy (non-hydrogen) atoms. The molecule has 0 aliphatic heterocycles. The maximum Gasteiger partial charge on any atom is 0.0658 e. The van der Waals surface area contributed by atoms with Crippen LogP contribution in [-0.2, 0) is 5.41 Å². The quantitative estimate of drug-likeness (QED) is 0.703. The first-order chi connectivity index (χ1) is 6.00. The van der Waals surface area contributed by atoms with E-state index in [0.717, 1.165) is 0 Å². The number of fused-ring (bicyclic) bond motifs is 2. The van der Waals surface area contributed by atoms with Gasteiger partial charge in [-0.1, -0.05) is 27.7 Å². The van der Waals surface area contributed by atoms with Crippen LogP contribution in [0.15, 0.2) is 6.07 Å². The molecule has 1 heterocycles. The van der Waals surface area contributed by atoms with Crippen molar-refractivity contribution in [2.24, 2.45) is 5.92 Å². The van der Waals surface area contributed by atoms with Crippen molar-refractivity contribution >= 4 is 0 Å². The summed E-state index contributed by atoms with van der Waals surface area (Å²) in [7, 11) is 0. The van der Waals surface area contributed by atoms with Gasteiger partial charge in [0.1, 0.15) is 0 Å². The summed E-state index contributed by atoms with van der Waals surface area (Å²) in [5.74, 6) is 1.32. The van der Waals surface area contributed by atoms with Crippen molar-refractivity contribution in [1.29, 1.82) is 0 Å². The Morgan fingerprint density at radius 3 is 2.85 bits per heavy atom. The number of nitrogens with zero attached hydrogens (tertiary/aromatic N) is 1. The zero-order valence-electron chi connectivity index (χ0n) is 8.89. The molecule has 72 valence electrons. The summed E-state index contributed by atoms with van der Waals surface area (Å²) in [5, 5.41) is 7.51. The van der Waals surface area contributed by atoms with Gasteiger partial charge >= 0.3 is 0 Å². The van der Waals surface area contributed by atoms with Crippen LogP contribution in [0.1, 0.15) is 51.4 Å². The molecule has 0 fully saturated rings. The summed E-state index contributed by atoms with van der Waals surface area (Å²) in [5.41, 5.74) is 2.82. The first-order valence-corrected chi connectivity index (χ1v) is 5.06. The molecule has 2 heteroatoms. The number of aromatic amines is 1. The normalized spacial score (nSPS) is 25.2. The molecule has 1 unspecified atom stereocenters. The highest BCUT2D eigenvalue weighted by Gasteiger charge is 2.35. The fraction of sp³-hybridized carbons (Fsp3) is 0.727. The number of aromatic nitrogens is 2. The van der Waals surface area contributed by atoms with E-state index in [2.05, 4.69) is 44.0 Å². The average molecular weight is 178 g/mol. The summed E-state index contributed by atoms with van der Waals surface area (Å²) >= 11 is 0. The molecule has 1 aliphatic rings. The van der Waals surface area contributed by atoms with E-state index in [1.807, 2.05) is 0 Å². The average Bonchev–Trinajstić information content (AvgIpc) is 2.43. The predicted molar refractivity (Wildman–Crippen MR) is 53.8 cm³/mol. The van der Waals surface area contributed by atoms with Gasteiger partial charge in [0.05, 0.1) is 5.69 Å². The van der Waals surface area contributed by atoms with E-state index in [1.54, 1.807) is 0 Å². The van der Waals surface area contributed by atoms with E-state index in [1.165, 1.54) is 17.8 Å². The fourth-order valence-corrected chi connectivity index (χ4v) is 2.22. The minimum absolute atomic E-state index is 0.276. The monoisotopic (exact) mass is 178 g/mol. The van der Waals surface area contributed by atoms with Crippen LogP contribution in [0.2, 0.25) is 0 Å². The van der Waals surface area contributed by atoms with E-state index < -0.39 is 0 Å². The Hall–Kier alpha value is -0.790. The third-order valence-electron chi connectivity index (χ3n) is 3.24. The molecule has 0 saturated heterocycles. The van der Waals surface area contributed by atoms with Gasteiger partial charge in [-0.3, -0.25) is 5.10 Å². The number of hydrogen-bond acceptors (Lipinski definition) is 1. The van der Waals surface area contributed by atoms with Crippen molar-refractivity contribution in [2.75, 3.05) is 0 Å². The van der Waals surface area contributed by atoms with E-state index >= 15 is 0 Å². The maximum atomic E-state index is 4.37. The van der Waals surface area contributed by atoms with Crippen molar-refractivity contribution in [3.8, 4) is 0 Å². The van der Waals surface area contributed by atoms with Crippen LogP contribution >= 0.6 is 0 Å². The molecule has 1 aromatic heterocycles. The minimum Gasteiger partial charge on any atom is -0.282 e. The molecule has 2 bridgehead atoms. The van der Waals surface area contributed by atoms with Crippen LogP contribution in [0, 0.1) is 5.92 Å². The molecule has 1 N–H and O–H groups in total. The van der Waals surface area contributed by atoms with Crippen molar-refractivity contribution in [3.63, 3.8) is 0 Å².